The first-order chi connectivity index (χ1) is 9.65. The number of rotatable bonds is 3. The zero-order chi connectivity index (χ0) is 14.1. The summed E-state index contributed by atoms with van der Waals surface area (Å²) in [5, 5.41) is 4.16. The van der Waals surface area contributed by atoms with E-state index >= 15 is 0 Å². The predicted octanol–water partition coefficient (Wildman–Crippen LogP) is 1.16. The summed E-state index contributed by atoms with van der Waals surface area (Å²) in [5.74, 6) is 0. The zero-order valence-electron chi connectivity index (χ0n) is 11.7. The molecule has 2 aromatic heterocycles. The molecular weight excluding hydrogens is 252 g/mol. The van der Waals surface area contributed by atoms with E-state index < -0.39 is 0 Å². The van der Waals surface area contributed by atoms with E-state index in [2.05, 4.69) is 5.10 Å². The molecule has 0 aromatic carbocycles. The van der Waals surface area contributed by atoms with Crippen molar-refractivity contribution in [1.29, 1.82) is 0 Å². The van der Waals surface area contributed by atoms with E-state index in [4.69, 9.17) is 5.73 Å². The summed E-state index contributed by atoms with van der Waals surface area (Å²) < 4.78 is 3.68. The second-order valence-electron chi connectivity index (χ2n) is 5.50. The Morgan fingerprint density at radius 2 is 2.30 bits per heavy atom. The number of pyridine rings is 1. The number of nitrogens with zero attached hydrogens (tertiary/aromatic N) is 3. The van der Waals surface area contributed by atoms with Crippen LogP contribution in [-0.2, 0) is 26.4 Å². The van der Waals surface area contributed by atoms with Crippen LogP contribution in [0, 0.1) is 0 Å². The Morgan fingerprint density at radius 1 is 1.45 bits per heavy atom. The number of fused-ring (bicyclic) bond motifs is 1. The fourth-order valence-electron chi connectivity index (χ4n) is 2.98. The number of hydrogen-bond donors (Lipinski definition) is 1. The minimum absolute atomic E-state index is 0.0711. The van der Waals surface area contributed by atoms with E-state index in [1.54, 1.807) is 10.7 Å². The molecule has 5 heteroatoms. The van der Waals surface area contributed by atoms with Gasteiger partial charge < -0.3 is 10.3 Å². The normalized spacial score (nSPS) is 18.0. The summed E-state index contributed by atoms with van der Waals surface area (Å²) >= 11 is 0. The van der Waals surface area contributed by atoms with Crippen molar-refractivity contribution < 1.29 is 0 Å². The standard InChI is InChI=1S/C15H20N4O/c1-18-10-11(9-17-18)7-8-19-14-4-2-3-13(16)12(14)5-6-15(19)20/h5-6,9-10,13H,2-4,7-8,16H2,1H3. The van der Waals surface area contributed by atoms with E-state index in [0.717, 1.165) is 42.5 Å². The third-order valence-corrected chi connectivity index (χ3v) is 4.04. The van der Waals surface area contributed by atoms with Gasteiger partial charge in [-0.05, 0) is 36.8 Å². The molecule has 1 aliphatic carbocycles. The van der Waals surface area contributed by atoms with Crippen LogP contribution in [0.25, 0.3) is 0 Å². The summed E-state index contributed by atoms with van der Waals surface area (Å²) in [7, 11) is 1.90. The average molecular weight is 272 g/mol. The van der Waals surface area contributed by atoms with Crippen LogP contribution in [0.15, 0.2) is 29.3 Å². The van der Waals surface area contributed by atoms with Crippen LogP contribution in [0.3, 0.4) is 0 Å². The second kappa shape index (κ2) is 5.25. The minimum Gasteiger partial charge on any atom is -0.324 e. The maximum absolute atomic E-state index is 12.1. The lowest BCUT2D eigenvalue weighted by atomic mass is 9.91. The van der Waals surface area contributed by atoms with Crippen molar-refractivity contribution in [1.82, 2.24) is 14.3 Å². The van der Waals surface area contributed by atoms with Gasteiger partial charge in [0.2, 0.25) is 0 Å². The van der Waals surface area contributed by atoms with Crippen molar-refractivity contribution in [3.8, 4) is 0 Å². The summed E-state index contributed by atoms with van der Waals surface area (Å²) in [6.45, 7) is 0.695. The number of hydrogen-bond acceptors (Lipinski definition) is 3. The van der Waals surface area contributed by atoms with E-state index in [1.807, 2.05) is 30.1 Å². The molecule has 2 aromatic rings. The van der Waals surface area contributed by atoms with Crippen LogP contribution < -0.4 is 11.3 Å². The molecule has 1 unspecified atom stereocenters. The molecule has 1 atom stereocenters. The molecule has 0 bridgehead atoms. The van der Waals surface area contributed by atoms with E-state index in [1.165, 1.54) is 0 Å². The van der Waals surface area contributed by atoms with Crippen molar-refractivity contribution in [2.24, 2.45) is 12.8 Å². The fourth-order valence-corrected chi connectivity index (χ4v) is 2.98. The first kappa shape index (κ1) is 13.1. The molecule has 3 rings (SSSR count). The van der Waals surface area contributed by atoms with Crippen molar-refractivity contribution in [2.45, 2.75) is 38.3 Å². The lowest BCUT2D eigenvalue weighted by molar-refractivity contribution is 0.517. The molecule has 1 aliphatic rings. The molecule has 0 amide bonds. The average Bonchev–Trinajstić information content (AvgIpc) is 2.84. The lowest BCUT2D eigenvalue weighted by Crippen LogP contribution is -2.29. The van der Waals surface area contributed by atoms with Gasteiger partial charge in [0, 0.05) is 37.6 Å². The molecular formula is C15H20N4O. The van der Waals surface area contributed by atoms with Crippen LogP contribution in [0.4, 0.5) is 0 Å². The van der Waals surface area contributed by atoms with Gasteiger partial charge in [-0.15, -0.1) is 0 Å². The van der Waals surface area contributed by atoms with Crippen molar-refractivity contribution >= 4 is 0 Å². The van der Waals surface area contributed by atoms with Crippen molar-refractivity contribution in [3.63, 3.8) is 0 Å². The molecule has 106 valence electrons. The van der Waals surface area contributed by atoms with Crippen LogP contribution in [0.1, 0.15) is 35.7 Å². The van der Waals surface area contributed by atoms with Gasteiger partial charge in [-0.25, -0.2) is 0 Å². The fraction of sp³-hybridized carbons (Fsp3) is 0.467. The van der Waals surface area contributed by atoms with Gasteiger partial charge >= 0.3 is 0 Å². The van der Waals surface area contributed by atoms with E-state index in [-0.39, 0.29) is 11.6 Å². The molecule has 20 heavy (non-hydrogen) atoms. The monoisotopic (exact) mass is 272 g/mol. The highest BCUT2D eigenvalue weighted by Crippen LogP contribution is 2.26. The maximum Gasteiger partial charge on any atom is 0.250 e. The molecule has 0 saturated heterocycles. The molecule has 5 nitrogen and oxygen atoms in total. The maximum atomic E-state index is 12.1. The van der Waals surface area contributed by atoms with Gasteiger partial charge in [0.05, 0.1) is 6.20 Å². The smallest absolute Gasteiger partial charge is 0.250 e. The highest BCUT2D eigenvalue weighted by molar-refractivity contribution is 5.27. The third kappa shape index (κ3) is 2.41. The first-order valence-electron chi connectivity index (χ1n) is 7.11. The van der Waals surface area contributed by atoms with Crippen LogP contribution in [0.5, 0.6) is 0 Å². The molecule has 0 aliphatic heterocycles. The molecule has 0 spiro atoms. The Kier molecular flexibility index (Phi) is 3.44. The van der Waals surface area contributed by atoms with Gasteiger partial charge in [0.25, 0.3) is 5.56 Å². The van der Waals surface area contributed by atoms with Crippen LogP contribution in [-0.4, -0.2) is 14.3 Å². The Balaban J connectivity index is 1.89. The second-order valence-corrected chi connectivity index (χ2v) is 5.50. The Morgan fingerprint density at radius 3 is 3.05 bits per heavy atom. The van der Waals surface area contributed by atoms with Gasteiger partial charge in [-0.2, -0.15) is 5.10 Å². The highest BCUT2D eigenvalue weighted by Gasteiger charge is 2.20. The number of aryl methyl sites for hydroxylation is 2. The van der Waals surface area contributed by atoms with Gasteiger partial charge in [-0.1, -0.05) is 6.07 Å². The van der Waals surface area contributed by atoms with Gasteiger partial charge in [0.15, 0.2) is 0 Å². The topological polar surface area (TPSA) is 65.8 Å². The van der Waals surface area contributed by atoms with Crippen molar-refractivity contribution in [2.75, 3.05) is 0 Å². The summed E-state index contributed by atoms with van der Waals surface area (Å²) in [4.78, 5) is 12.1. The van der Waals surface area contributed by atoms with Crippen molar-refractivity contribution in [3.05, 3.63) is 51.7 Å². The lowest BCUT2D eigenvalue weighted by Gasteiger charge is -2.25. The van der Waals surface area contributed by atoms with Gasteiger partial charge in [0.1, 0.15) is 0 Å². The first-order valence-corrected chi connectivity index (χ1v) is 7.11. The molecule has 2 heterocycles. The Hall–Kier alpha value is -1.88. The Bertz CT molecular complexity index is 671. The number of nitrogens with two attached hydrogens (primary N) is 1. The quantitative estimate of drug-likeness (QED) is 0.912. The largest absolute Gasteiger partial charge is 0.324 e. The molecule has 0 radical (unpaired) electrons. The molecule has 0 saturated carbocycles. The minimum atomic E-state index is 0.0711. The Labute approximate surface area is 118 Å². The molecule has 0 fully saturated rings. The van der Waals surface area contributed by atoms with Crippen LogP contribution in [0.2, 0.25) is 0 Å². The van der Waals surface area contributed by atoms with Gasteiger partial charge in [-0.3, -0.25) is 9.48 Å². The van der Waals surface area contributed by atoms with E-state index in [9.17, 15) is 4.79 Å². The summed E-state index contributed by atoms with van der Waals surface area (Å²) in [6, 6.07) is 3.62. The summed E-state index contributed by atoms with van der Waals surface area (Å²) in [6.07, 6.45) is 7.68. The van der Waals surface area contributed by atoms with E-state index in [0.29, 0.717) is 6.54 Å². The SMILES string of the molecule is Cn1cc(CCn2c3c(ccc2=O)C(N)CCC3)cn1. The summed E-state index contributed by atoms with van der Waals surface area (Å²) in [5.41, 5.74) is 9.63. The zero-order valence-corrected chi connectivity index (χ0v) is 11.7. The predicted molar refractivity (Wildman–Crippen MR) is 77.5 cm³/mol. The highest BCUT2D eigenvalue weighted by atomic mass is 16.1. The van der Waals surface area contributed by atoms with Crippen LogP contribution >= 0.6 is 0 Å². The molecule has 2 N–H and O–H groups in total. The third-order valence-electron chi connectivity index (χ3n) is 4.04. The number of aromatic nitrogens is 3.